The molecule has 1 aromatic rings. The molecule has 0 radical (unpaired) electrons. The lowest BCUT2D eigenvalue weighted by atomic mass is 10.3. The van der Waals surface area contributed by atoms with Crippen molar-refractivity contribution in [3.8, 4) is 5.75 Å². The fraction of sp³-hybridized carbons (Fsp3) is 0.455. The van der Waals surface area contributed by atoms with E-state index in [0.717, 1.165) is 4.31 Å². The van der Waals surface area contributed by atoms with Gasteiger partial charge in [-0.25, -0.2) is 0 Å². The van der Waals surface area contributed by atoms with Crippen LogP contribution in [0.3, 0.4) is 0 Å². The van der Waals surface area contributed by atoms with E-state index in [4.69, 9.17) is 20.9 Å². The lowest BCUT2D eigenvalue weighted by Gasteiger charge is -2.20. The summed E-state index contributed by atoms with van der Waals surface area (Å²) in [6, 6.07) is 6.74. The molecule has 1 rings (SSSR count). The molecular weight excluding hydrogens is 294 g/mol. The van der Waals surface area contributed by atoms with Crippen molar-refractivity contribution in [2.75, 3.05) is 19.7 Å². The van der Waals surface area contributed by atoms with E-state index in [1.807, 2.05) is 0 Å². The quantitative estimate of drug-likeness (QED) is 0.739. The molecule has 0 saturated heterocycles. The van der Waals surface area contributed by atoms with Gasteiger partial charge in [0.1, 0.15) is 18.5 Å². The van der Waals surface area contributed by atoms with Crippen molar-refractivity contribution in [2.45, 2.75) is 13.0 Å². The number of para-hydroxylation sites is 1. The van der Waals surface area contributed by atoms with E-state index in [1.54, 1.807) is 31.2 Å². The Labute approximate surface area is 117 Å². The van der Waals surface area contributed by atoms with Crippen LogP contribution in [0.1, 0.15) is 6.92 Å². The predicted molar refractivity (Wildman–Crippen MR) is 71.7 cm³/mol. The molecule has 6 nitrogen and oxygen atoms in total. The minimum atomic E-state index is -4.31. The Morgan fingerprint density at radius 2 is 2.05 bits per heavy atom. The van der Waals surface area contributed by atoms with Crippen LogP contribution >= 0.6 is 11.6 Å². The highest BCUT2D eigenvalue weighted by atomic mass is 35.5. The maximum Gasteiger partial charge on any atom is 0.335 e. The highest BCUT2D eigenvalue weighted by molar-refractivity contribution is 7.83. The molecule has 108 valence electrons. The summed E-state index contributed by atoms with van der Waals surface area (Å²) in [5, 5.41) is 10.1. The number of hydrogen-bond donors (Lipinski definition) is 2. The molecule has 0 saturated carbocycles. The second-order valence-corrected chi connectivity index (χ2v) is 5.64. The van der Waals surface area contributed by atoms with Crippen LogP contribution in [0.25, 0.3) is 0 Å². The van der Waals surface area contributed by atoms with Crippen LogP contribution in [-0.2, 0) is 10.3 Å². The normalized spacial score (nSPS) is 13.5. The van der Waals surface area contributed by atoms with Gasteiger partial charge in [-0.05, 0) is 12.1 Å². The lowest BCUT2D eigenvalue weighted by molar-refractivity contribution is 0.0882. The lowest BCUT2D eigenvalue weighted by Crippen LogP contribution is -2.39. The van der Waals surface area contributed by atoms with E-state index < -0.39 is 16.4 Å². The topological polar surface area (TPSA) is 87.1 Å². The van der Waals surface area contributed by atoms with Crippen LogP contribution in [0, 0.1) is 0 Å². The molecule has 0 amide bonds. The molecule has 0 fully saturated rings. The number of hydrogen-bond acceptors (Lipinski definition) is 4. The first-order chi connectivity index (χ1) is 8.84. The maximum atomic E-state index is 10.9. The molecular formula is C11H16ClNO5S. The number of rotatable bonds is 7. The molecule has 1 atom stereocenters. The molecule has 0 spiro atoms. The summed E-state index contributed by atoms with van der Waals surface area (Å²) in [5.74, 6) is 0.401. The van der Waals surface area contributed by atoms with Crippen molar-refractivity contribution >= 4 is 21.9 Å². The molecule has 0 aliphatic carbocycles. The Bertz CT molecular complexity index is 508. The minimum Gasteiger partial charge on any atom is -0.489 e. The van der Waals surface area contributed by atoms with Crippen LogP contribution in [0.15, 0.2) is 24.3 Å². The Morgan fingerprint density at radius 1 is 1.42 bits per heavy atom. The van der Waals surface area contributed by atoms with Gasteiger partial charge in [-0.2, -0.15) is 12.7 Å². The molecule has 0 bridgehead atoms. The van der Waals surface area contributed by atoms with E-state index in [9.17, 15) is 13.5 Å². The molecule has 0 aliphatic heterocycles. The monoisotopic (exact) mass is 309 g/mol. The first kappa shape index (κ1) is 16.2. The second kappa shape index (κ2) is 7.06. The van der Waals surface area contributed by atoms with Crippen LogP contribution in [-0.4, -0.2) is 48.2 Å². The second-order valence-electron chi connectivity index (χ2n) is 3.82. The molecule has 0 aliphatic rings. The Balaban J connectivity index is 2.52. The van der Waals surface area contributed by atoms with Gasteiger partial charge in [0.15, 0.2) is 0 Å². The highest BCUT2D eigenvalue weighted by Gasteiger charge is 2.20. The number of ether oxygens (including phenoxy) is 1. The first-order valence-corrected chi connectivity index (χ1v) is 7.40. The molecule has 0 aromatic heterocycles. The van der Waals surface area contributed by atoms with Crippen molar-refractivity contribution < 1.29 is 22.8 Å². The highest BCUT2D eigenvalue weighted by Crippen LogP contribution is 2.23. The summed E-state index contributed by atoms with van der Waals surface area (Å²) in [6.45, 7) is 1.23. The van der Waals surface area contributed by atoms with E-state index in [1.165, 1.54) is 0 Å². The van der Waals surface area contributed by atoms with E-state index in [2.05, 4.69) is 0 Å². The Morgan fingerprint density at radius 3 is 2.58 bits per heavy atom. The molecule has 0 heterocycles. The van der Waals surface area contributed by atoms with E-state index in [-0.39, 0.29) is 19.7 Å². The van der Waals surface area contributed by atoms with Gasteiger partial charge in [0.25, 0.3) is 0 Å². The van der Waals surface area contributed by atoms with Crippen LogP contribution in [0.2, 0.25) is 5.02 Å². The zero-order valence-electron chi connectivity index (χ0n) is 10.4. The van der Waals surface area contributed by atoms with Crippen molar-refractivity contribution in [3.63, 3.8) is 0 Å². The third kappa shape index (κ3) is 5.33. The van der Waals surface area contributed by atoms with Gasteiger partial charge in [0, 0.05) is 13.1 Å². The average Bonchev–Trinajstić information content (AvgIpc) is 2.33. The number of benzene rings is 1. The minimum absolute atomic E-state index is 0.0575. The van der Waals surface area contributed by atoms with Gasteiger partial charge in [0.05, 0.1) is 5.02 Å². The molecule has 19 heavy (non-hydrogen) atoms. The van der Waals surface area contributed by atoms with Crippen LogP contribution in [0.4, 0.5) is 0 Å². The third-order valence-electron chi connectivity index (χ3n) is 2.36. The Hall–Kier alpha value is -0.860. The average molecular weight is 310 g/mol. The number of halogens is 1. The standard InChI is InChI=1S/C11H16ClNO5S/c1-2-13(19(15,16)17)7-9(14)8-18-11-6-4-3-5-10(11)12/h3-6,9,14H,2,7-8H2,1H3,(H,15,16,17). The third-order valence-corrected chi connectivity index (χ3v) is 3.73. The SMILES string of the molecule is CCN(CC(O)COc1ccccc1Cl)S(=O)(=O)O. The van der Waals surface area contributed by atoms with Gasteiger partial charge in [-0.1, -0.05) is 30.7 Å². The summed E-state index contributed by atoms with van der Waals surface area (Å²) in [5.41, 5.74) is 0. The van der Waals surface area contributed by atoms with Crippen LogP contribution in [0.5, 0.6) is 5.75 Å². The Kier molecular flexibility index (Phi) is 6.02. The molecule has 1 aromatic carbocycles. The number of aliphatic hydroxyl groups excluding tert-OH is 1. The predicted octanol–water partition coefficient (Wildman–Crippen LogP) is 1.20. The summed E-state index contributed by atoms with van der Waals surface area (Å²) < 4.78 is 36.8. The number of aliphatic hydroxyl groups is 1. The first-order valence-electron chi connectivity index (χ1n) is 5.62. The van der Waals surface area contributed by atoms with Crippen molar-refractivity contribution in [3.05, 3.63) is 29.3 Å². The van der Waals surface area contributed by atoms with Crippen molar-refractivity contribution in [1.29, 1.82) is 0 Å². The maximum absolute atomic E-state index is 10.9. The number of likely N-dealkylation sites (N-methyl/N-ethyl adjacent to an activating group) is 1. The van der Waals surface area contributed by atoms with Crippen molar-refractivity contribution in [1.82, 2.24) is 4.31 Å². The zero-order chi connectivity index (χ0) is 14.5. The summed E-state index contributed by atoms with van der Waals surface area (Å²) in [7, 11) is -4.31. The smallest absolute Gasteiger partial charge is 0.335 e. The largest absolute Gasteiger partial charge is 0.489 e. The zero-order valence-corrected chi connectivity index (χ0v) is 11.9. The fourth-order valence-electron chi connectivity index (χ4n) is 1.42. The van der Waals surface area contributed by atoms with Crippen molar-refractivity contribution in [2.24, 2.45) is 0 Å². The van der Waals surface area contributed by atoms with Gasteiger partial charge < -0.3 is 9.84 Å². The van der Waals surface area contributed by atoms with Gasteiger partial charge in [-0.3, -0.25) is 4.55 Å². The van der Waals surface area contributed by atoms with Gasteiger partial charge >= 0.3 is 10.3 Å². The van der Waals surface area contributed by atoms with E-state index >= 15 is 0 Å². The summed E-state index contributed by atoms with van der Waals surface area (Å²) in [4.78, 5) is 0. The molecule has 8 heteroatoms. The van der Waals surface area contributed by atoms with Gasteiger partial charge in [-0.15, -0.1) is 0 Å². The fourth-order valence-corrected chi connectivity index (χ4v) is 2.30. The van der Waals surface area contributed by atoms with Gasteiger partial charge in [0.2, 0.25) is 0 Å². The molecule has 2 N–H and O–H groups in total. The van der Waals surface area contributed by atoms with Crippen LogP contribution < -0.4 is 4.74 Å². The summed E-state index contributed by atoms with van der Waals surface area (Å²) >= 11 is 5.86. The van der Waals surface area contributed by atoms with E-state index in [0.29, 0.717) is 10.8 Å². The summed E-state index contributed by atoms with van der Waals surface area (Å²) in [6.07, 6.45) is -1.07. The number of nitrogens with zero attached hydrogens (tertiary/aromatic N) is 1. The molecule has 1 unspecified atom stereocenters.